The third-order valence-electron chi connectivity index (χ3n) is 5.11. The van der Waals surface area contributed by atoms with E-state index in [9.17, 15) is 9.90 Å². The molecule has 1 atom stereocenters. The zero-order valence-corrected chi connectivity index (χ0v) is 15.2. The molecular weight excluding hydrogens is 372 g/mol. The van der Waals surface area contributed by atoms with Crippen molar-refractivity contribution in [3.63, 3.8) is 0 Å². The first-order valence-electron chi connectivity index (χ1n) is 8.96. The van der Waals surface area contributed by atoms with Crippen LogP contribution in [0.3, 0.4) is 0 Å². The molecule has 0 fully saturated rings. The molecule has 8 nitrogen and oxygen atoms in total. The van der Waals surface area contributed by atoms with Gasteiger partial charge in [-0.1, -0.05) is 12.1 Å². The molecule has 0 bridgehead atoms. The number of fused-ring (bicyclic) bond motifs is 4. The van der Waals surface area contributed by atoms with E-state index in [4.69, 9.17) is 15.2 Å². The average Bonchev–Trinajstić information content (AvgIpc) is 3.11. The standard InChI is InChI=1S/C21H16N4O4/c22-20-25-21(10-28-20)15-5-12(6-19(26)27)1-3-17(15)29-18-4-2-13(7-16(18)21)14-8-23-11-24-9-14/h1-5,7-9,11H,6,10H2,(H2,22,25)(H,26,27)/t21-/m1/s1. The number of carbonyl (C=O) groups is 1. The second-order valence-corrected chi connectivity index (χ2v) is 6.94. The molecule has 29 heavy (non-hydrogen) atoms. The van der Waals surface area contributed by atoms with Crippen molar-refractivity contribution in [1.82, 2.24) is 9.97 Å². The van der Waals surface area contributed by atoms with Gasteiger partial charge in [0.25, 0.3) is 6.02 Å². The predicted molar refractivity (Wildman–Crippen MR) is 104 cm³/mol. The van der Waals surface area contributed by atoms with Crippen LogP contribution in [0.1, 0.15) is 16.7 Å². The van der Waals surface area contributed by atoms with Crippen LogP contribution < -0.4 is 10.5 Å². The van der Waals surface area contributed by atoms with Crippen molar-refractivity contribution in [3.8, 4) is 22.6 Å². The molecule has 8 heteroatoms. The number of rotatable bonds is 3. The van der Waals surface area contributed by atoms with Crippen LogP contribution in [0.15, 0.2) is 60.1 Å². The van der Waals surface area contributed by atoms with Crippen LogP contribution in [0.2, 0.25) is 0 Å². The minimum absolute atomic E-state index is 0.0842. The number of nitrogens with zero attached hydrogens (tertiary/aromatic N) is 3. The third-order valence-corrected chi connectivity index (χ3v) is 5.11. The quantitative estimate of drug-likeness (QED) is 0.707. The number of hydrogen-bond acceptors (Lipinski definition) is 7. The van der Waals surface area contributed by atoms with E-state index in [1.54, 1.807) is 30.6 Å². The Morgan fingerprint density at radius 2 is 1.79 bits per heavy atom. The summed E-state index contributed by atoms with van der Waals surface area (Å²) in [6, 6.07) is 11.2. The Balaban J connectivity index is 1.71. The first kappa shape index (κ1) is 17.2. The number of nitrogens with two attached hydrogens (primary N) is 1. The molecule has 3 heterocycles. The molecule has 5 rings (SSSR count). The number of carboxylic acid groups (broad SMARTS) is 1. The maximum absolute atomic E-state index is 11.2. The second-order valence-electron chi connectivity index (χ2n) is 6.94. The van der Waals surface area contributed by atoms with Gasteiger partial charge in [0.05, 0.1) is 6.42 Å². The molecule has 3 aromatic rings. The van der Waals surface area contributed by atoms with Gasteiger partial charge in [0.2, 0.25) is 0 Å². The zero-order valence-electron chi connectivity index (χ0n) is 15.2. The van der Waals surface area contributed by atoms with Crippen LogP contribution in [0, 0.1) is 0 Å². The minimum atomic E-state index is -0.910. The van der Waals surface area contributed by atoms with E-state index in [1.165, 1.54) is 6.33 Å². The molecular formula is C21H16N4O4. The van der Waals surface area contributed by atoms with E-state index in [-0.39, 0.29) is 19.0 Å². The molecule has 0 amide bonds. The van der Waals surface area contributed by atoms with Gasteiger partial charge in [0.1, 0.15) is 24.4 Å². The molecule has 144 valence electrons. The minimum Gasteiger partial charge on any atom is -0.481 e. The maximum Gasteiger partial charge on any atom is 0.307 e. The van der Waals surface area contributed by atoms with E-state index in [0.717, 1.165) is 22.3 Å². The third kappa shape index (κ3) is 2.77. The lowest BCUT2D eigenvalue weighted by molar-refractivity contribution is -0.136. The lowest BCUT2D eigenvalue weighted by Crippen LogP contribution is -2.31. The molecule has 2 aliphatic rings. The summed E-state index contributed by atoms with van der Waals surface area (Å²) in [5, 5.41) is 9.17. The number of amidine groups is 1. The molecule has 2 aromatic carbocycles. The van der Waals surface area contributed by atoms with Crippen molar-refractivity contribution in [2.45, 2.75) is 12.0 Å². The Kier molecular flexibility index (Phi) is 3.73. The fourth-order valence-electron chi connectivity index (χ4n) is 3.81. The highest BCUT2D eigenvalue weighted by Gasteiger charge is 2.47. The monoisotopic (exact) mass is 388 g/mol. The molecule has 0 saturated heterocycles. The van der Waals surface area contributed by atoms with Gasteiger partial charge in [-0.25, -0.2) is 15.0 Å². The van der Waals surface area contributed by atoms with Crippen LogP contribution in [-0.2, 0) is 21.5 Å². The molecule has 3 N–H and O–H groups in total. The number of aromatic nitrogens is 2. The Morgan fingerprint density at radius 1 is 1.07 bits per heavy atom. The first-order chi connectivity index (χ1) is 14.0. The normalized spacial score (nSPS) is 19.0. The lowest BCUT2D eigenvalue weighted by atomic mass is 9.79. The van der Waals surface area contributed by atoms with Gasteiger partial charge in [0.15, 0.2) is 5.54 Å². The Hall–Kier alpha value is -3.94. The van der Waals surface area contributed by atoms with E-state index >= 15 is 0 Å². The number of benzene rings is 2. The number of ether oxygens (including phenoxy) is 2. The highest BCUT2D eigenvalue weighted by molar-refractivity contribution is 5.78. The number of aliphatic carboxylic acids is 1. The van der Waals surface area contributed by atoms with Gasteiger partial charge in [-0.15, -0.1) is 0 Å². The molecule has 2 aliphatic heterocycles. The molecule has 0 unspecified atom stereocenters. The predicted octanol–water partition coefficient (Wildman–Crippen LogP) is 2.46. The van der Waals surface area contributed by atoms with Gasteiger partial charge in [0, 0.05) is 29.1 Å². The highest BCUT2D eigenvalue weighted by atomic mass is 16.5. The Morgan fingerprint density at radius 3 is 2.48 bits per heavy atom. The van der Waals surface area contributed by atoms with Crippen molar-refractivity contribution in [3.05, 3.63) is 71.8 Å². The van der Waals surface area contributed by atoms with Crippen molar-refractivity contribution in [2.24, 2.45) is 10.7 Å². The molecule has 1 spiro atoms. The van der Waals surface area contributed by atoms with Gasteiger partial charge >= 0.3 is 5.97 Å². The van der Waals surface area contributed by atoms with E-state index < -0.39 is 11.5 Å². The number of hydrogen-bond donors (Lipinski definition) is 2. The fourth-order valence-corrected chi connectivity index (χ4v) is 3.81. The molecule has 0 aliphatic carbocycles. The van der Waals surface area contributed by atoms with E-state index in [1.807, 2.05) is 18.2 Å². The molecule has 0 saturated carbocycles. The first-order valence-corrected chi connectivity index (χ1v) is 8.96. The highest BCUT2D eigenvalue weighted by Crippen LogP contribution is 2.51. The zero-order chi connectivity index (χ0) is 20.0. The van der Waals surface area contributed by atoms with E-state index in [2.05, 4.69) is 15.0 Å². The van der Waals surface area contributed by atoms with Crippen molar-refractivity contribution < 1.29 is 19.4 Å². The van der Waals surface area contributed by atoms with Crippen LogP contribution in [0.5, 0.6) is 11.5 Å². The summed E-state index contributed by atoms with van der Waals surface area (Å²) >= 11 is 0. The van der Waals surface area contributed by atoms with Crippen LogP contribution in [0.4, 0.5) is 0 Å². The number of carboxylic acids is 1. The summed E-state index contributed by atoms with van der Waals surface area (Å²) in [6.45, 7) is 0.202. The van der Waals surface area contributed by atoms with Gasteiger partial charge < -0.3 is 20.3 Å². The smallest absolute Gasteiger partial charge is 0.307 e. The van der Waals surface area contributed by atoms with Crippen LogP contribution >= 0.6 is 0 Å². The summed E-state index contributed by atoms with van der Waals surface area (Å²) in [4.78, 5) is 24.0. The summed E-state index contributed by atoms with van der Waals surface area (Å²) in [5.74, 6) is 0.337. The maximum atomic E-state index is 11.2. The summed E-state index contributed by atoms with van der Waals surface area (Å²) in [7, 11) is 0. The molecule has 0 radical (unpaired) electrons. The fraction of sp³-hybridized carbons (Fsp3) is 0.143. The van der Waals surface area contributed by atoms with Crippen molar-refractivity contribution in [1.29, 1.82) is 0 Å². The van der Waals surface area contributed by atoms with Crippen LogP contribution in [-0.4, -0.2) is 33.7 Å². The second kappa shape index (κ2) is 6.30. The van der Waals surface area contributed by atoms with Gasteiger partial charge in [-0.2, -0.15) is 0 Å². The van der Waals surface area contributed by atoms with Crippen molar-refractivity contribution >= 4 is 12.0 Å². The van der Waals surface area contributed by atoms with Crippen LogP contribution in [0.25, 0.3) is 11.1 Å². The lowest BCUT2D eigenvalue weighted by Gasteiger charge is -2.34. The Labute approximate surface area is 165 Å². The van der Waals surface area contributed by atoms with Gasteiger partial charge in [-0.05, 0) is 35.4 Å². The largest absolute Gasteiger partial charge is 0.481 e. The van der Waals surface area contributed by atoms with Crippen molar-refractivity contribution in [2.75, 3.05) is 6.61 Å². The topological polar surface area (TPSA) is 120 Å². The SMILES string of the molecule is NC1=N[C@]2(CO1)c1cc(CC(=O)O)ccc1Oc1ccc(-c3cncnc3)cc12. The molecule has 1 aromatic heterocycles. The summed E-state index contributed by atoms with van der Waals surface area (Å²) in [6.07, 6.45) is 4.83. The summed E-state index contributed by atoms with van der Waals surface area (Å²) in [5.41, 5.74) is 8.91. The van der Waals surface area contributed by atoms with E-state index in [0.29, 0.717) is 17.1 Å². The Bertz CT molecular complexity index is 1160. The summed E-state index contributed by atoms with van der Waals surface area (Å²) < 4.78 is 11.7. The number of aliphatic imine (C=N–C) groups is 1. The van der Waals surface area contributed by atoms with Gasteiger partial charge in [-0.3, -0.25) is 4.79 Å². The average molecular weight is 388 g/mol.